The van der Waals surface area contributed by atoms with Crippen LogP contribution in [0.2, 0.25) is 0 Å². The predicted molar refractivity (Wildman–Crippen MR) is 80.6 cm³/mol. The van der Waals surface area contributed by atoms with Crippen molar-refractivity contribution in [1.29, 1.82) is 0 Å². The highest BCUT2D eigenvalue weighted by atomic mass is 79.9. The van der Waals surface area contributed by atoms with Gasteiger partial charge in [0.05, 0.1) is 11.5 Å². The van der Waals surface area contributed by atoms with Crippen LogP contribution in [-0.2, 0) is 13.8 Å². The Balaban J connectivity index is 2.85. The number of hydrogen-bond acceptors (Lipinski definition) is 4. The lowest BCUT2D eigenvalue weighted by atomic mass is 10.1. The summed E-state index contributed by atoms with van der Waals surface area (Å²) in [4.78, 5) is 11.8. The summed E-state index contributed by atoms with van der Waals surface area (Å²) in [6.07, 6.45) is 0. The summed E-state index contributed by atoms with van der Waals surface area (Å²) in [6, 6.07) is 4.23. The number of benzene rings is 1. The van der Waals surface area contributed by atoms with Gasteiger partial charge in [0, 0.05) is 34.4 Å². The van der Waals surface area contributed by atoms with Crippen LogP contribution in [0.3, 0.4) is 0 Å². The Morgan fingerprint density at radius 2 is 2.15 bits per heavy atom. The Morgan fingerprint density at radius 1 is 1.50 bits per heavy atom. The van der Waals surface area contributed by atoms with Crippen molar-refractivity contribution >= 4 is 41.6 Å². The van der Waals surface area contributed by atoms with Crippen LogP contribution >= 0.6 is 26.6 Å². The van der Waals surface area contributed by atoms with Gasteiger partial charge in [-0.15, -0.1) is 0 Å². The van der Waals surface area contributed by atoms with Gasteiger partial charge in [-0.1, -0.05) is 6.92 Å². The molecule has 0 fully saturated rings. The topological polar surface area (TPSA) is 72.5 Å². The van der Waals surface area contributed by atoms with Crippen molar-refractivity contribution in [1.82, 2.24) is 5.32 Å². The van der Waals surface area contributed by atoms with E-state index >= 15 is 0 Å². The molecule has 0 spiro atoms. The summed E-state index contributed by atoms with van der Waals surface area (Å²) in [6.45, 7) is 2.90. The van der Waals surface area contributed by atoms with Crippen LogP contribution in [0.5, 0.6) is 0 Å². The molecule has 1 atom stereocenters. The van der Waals surface area contributed by atoms with Crippen LogP contribution in [0.1, 0.15) is 17.3 Å². The van der Waals surface area contributed by atoms with Gasteiger partial charge in [-0.25, -0.2) is 8.42 Å². The maximum atomic E-state index is 11.9. The first-order chi connectivity index (χ1) is 9.25. The third kappa shape index (κ3) is 5.05. The zero-order valence-electron chi connectivity index (χ0n) is 11.0. The number of rotatable bonds is 6. The number of carbonyl (C=O) groups is 1. The Morgan fingerprint density at radius 3 is 2.70 bits per heavy atom. The molecule has 0 saturated carbocycles. The van der Waals surface area contributed by atoms with E-state index in [4.69, 9.17) is 15.4 Å². The number of halogens is 2. The standard InChI is InChI=1S/C12H15BrClNO4S/c1-8(7-19-2)6-15-12(16)9-3-4-10(13)11(5-9)20(14,17)18/h3-5,8H,6-7H2,1-2H3,(H,15,16). The average molecular weight is 385 g/mol. The third-order valence-corrected chi connectivity index (χ3v) is 4.83. The van der Waals surface area contributed by atoms with Gasteiger partial charge in [-0.2, -0.15) is 0 Å². The fourth-order valence-electron chi connectivity index (χ4n) is 1.54. The number of carbonyl (C=O) groups excluding carboxylic acids is 1. The quantitative estimate of drug-likeness (QED) is 0.764. The van der Waals surface area contributed by atoms with Crippen molar-refractivity contribution in [3.8, 4) is 0 Å². The van der Waals surface area contributed by atoms with Gasteiger partial charge in [-0.3, -0.25) is 4.79 Å². The van der Waals surface area contributed by atoms with Crippen LogP contribution in [0.25, 0.3) is 0 Å². The van der Waals surface area contributed by atoms with Gasteiger partial charge in [0.15, 0.2) is 0 Å². The molecule has 0 aliphatic rings. The Kier molecular flexibility index (Phi) is 6.44. The van der Waals surface area contributed by atoms with Crippen LogP contribution in [-0.4, -0.2) is 34.6 Å². The van der Waals surface area contributed by atoms with E-state index in [1.165, 1.54) is 18.2 Å². The summed E-state index contributed by atoms with van der Waals surface area (Å²) in [5.74, 6) is -0.197. The predicted octanol–water partition coefficient (Wildman–Crippen LogP) is 2.39. The van der Waals surface area contributed by atoms with Gasteiger partial charge in [-0.05, 0) is 40.0 Å². The summed E-state index contributed by atoms with van der Waals surface area (Å²) in [5.41, 5.74) is 0.233. The lowest BCUT2D eigenvalue weighted by Crippen LogP contribution is -2.29. The van der Waals surface area contributed by atoms with Crippen molar-refractivity contribution in [2.24, 2.45) is 5.92 Å². The number of methoxy groups -OCH3 is 1. The smallest absolute Gasteiger partial charge is 0.262 e. The molecule has 112 valence electrons. The van der Waals surface area contributed by atoms with Crippen LogP contribution in [0, 0.1) is 5.92 Å². The largest absolute Gasteiger partial charge is 0.384 e. The molecule has 1 rings (SSSR count). The molecular weight excluding hydrogens is 370 g/mol. The van der Waals surface area contributed by atoms with E-state index in [1.807, 2.05) is 6.92 Å². The van der Waals surface area contributed by atoms with E-state index in [9.17, 15) is 13.2 Å². The number of hydrogen-bond donors (Lipinski definition) is 1. The first-order valence-corrected chi connectivity index (χ1v) is 8.87. The molecule has 1 unspecified atom stereocenters. The van der Waals surface area contributed by atoms with E-state index in [1.54, 1.807) is 7.11 Å². The average Bonchev–Trinajstić information content (AvgIpc) is 2.35. The van der Waals surface area contributed by atoms with Crippen molar-refractivity contribution in [2.45, 2.75) is 11.8 Å². The molecule has 1 aromatic carbocycles. The second kappa shape index (κ2) is 7.40. The zero-order chi connectivity index (χ0) is 15.3. The molecule has 5 nitrogen and oxygen atoms in total. The Labute approximate surface area is 131 Å². The van der Waals surface area contributed by atoms with E-state index < -0.39 is 9.05 Å². The first kappa shape index (κ1) is 17.4. The normalized spacial score (nSPS) is 13.0. The molecule has 20 heavy (non-hydrogen) atoms. The fraction of sp³-hybridized carbons (Fsp3) is 0.417. The summed E-state index contributed by atoms with van der Waals surface area (Å²) in [5, 5.41) is 2.71. The molecule has 0 heterocycles. The minimum atomic E-state index is -3.90. The molecule has 1 amide bonds. The van der Waals surface area contributed by atoms with Crippen LogP contribution in [0.15, 0.2) is 27.6 Å². The molecule has 1 aromatic rings. The van der Waals surface area contributed by atoms with E-state index in [2.05, 4.69) is 21.2 Å². The third-order valence-electron chi connectivity index (χ3n) is 2.52. The van der Waals surface area contributed by atoms with Gasteiger partial charge < -0.3 is 10.1 Å². The summed E-state index contributed by atoms with van der Waals surface area (Å²) < 4.78 is 28.0. The number of ether oxygens (including phenoxy) is 1. The first-order valence-electron chi connectivity index (χ1n) is 5.77. The number of nitrogens with one attached hydrogen (secondary N) is 1. The monoisotopic (exact) mass is 383 g/mol. The summed E-state index contributed by atoms with van der Waals surface area (Å²) in [7, 11) is 2.99. The Bertz CT molecular complexity index is 591. The maximum Gasteiger partial charge on any atom is 0.262 e. The maximum absolute atomic E-state index is 11.9. The van der Waals surface area contributed by atoms with Crippen LogP contribution in [0.4, 0.5) is 0 Å². The van der Waals surface area contributed by atoms with Crippen molar-refractivity contribution in [2.75, 3.05) is 20.3 Å². The molecule has 8 heteroatoms. The molecule has 0 aromatic heterocycles. The highest BCUT2D eigenvalue weighted by Crippen LogP contribution is 2.26. The minimum Gasteiger partial charge on any atom is -0.384 e. The molecule has 0 aliphatic heterocycles. The highest BCUT2D eigenvalue weighted by molar-refractivity contribution is 9.10. The van der Waals surface area contributed by atoms with E-state index in [0.29, 0.717) is 17.6 Å². The number of amides is 1. The lowest BCUT2D eigenvalue weighted by Gasteiger charge is -2.12. The highest BCUT2D eigenvalue weighted by Gasteiger charge is 2.17. The van der Waals surface area contributed by atoms with E-state index in [0.717, 1.165) is 0 Å². The molecular formula is C12H15BrClNO4S. The minimum absolute atomic E-state index is 0.128. The summed E-state index contributed by atoms with van der Waals surface area (Å²) >= 11 is 3.09. The lowest BCUT2D eigenvalue weighted by molar-refractivity contribution is 0.0934. The molecule has 0 bridgehead atoms. The van der Waals surface area contributed by atoms with Crippen LogP contribution < -0.4 is 5.32 Å². The SMILES string of the molecule is COCC(C)CNC(=O)c1ccc(Br)c(S(=O)(=O)Cl)c1. The van der Waals surface area contributed by atoms with Gasteiger partial charge >= 0.3 is 0 Å². The zero-order valence-corrected chi connectivity index (χ0v) is 14.2. The van der Waals surface area contributed by atoms with Crippen molar-refractivity contribution < 1.29 is 17.9 Å². The van der Waals surface area contributed by atoms with Crippen molar-refractivity contribution in [3.63, 3.8) is 0 Å². The second-order valence-corrected chi connectivity index (χ2v) is 7.74. The van der Waals surface area contributed by atoms with Gasteiger partial charge in [0.1, 0.15) is 0 Å². The van der Waals surface area contributed by atoms with E-state index in [-0.39, 0.29) is 22.3 Å². The fourth-order valence-corrected chi connectivity index (χ4v) is 3.66. The molecule has 0 saturated heterocycles. The van der Waals surface area contributed by atoms with Gasteiger partial charge in [0.25, 0.3) is 15.0 Å². The van der Waals surface area contributed by atoms with Gasteiger partial charge in [0.2, 0.25) is 0 Å². The molecule has 0 radical (unpaired) electrons. The Hall–Kier alpha value is -0.630. The molecule has 1 N–H and O–H groups in total. The molecule has 0 aliphatic carbocycles. The van der Waals surface area contributed by atoms with Crippen molar-refractivity contribution in [3.05, 3.63) is 28.2 Å². The second-order valence-electron chi connectivity index (χ2n) is 4.35.